The summed E-state index contributed by atoms with van der Waals surface area (Å²) in [5.74, 6) is 3.82. The van der Waals surface area contributed by atoms with E-state index in [0.29, 0.717) is 48.6 Å². The third-order valence-electron chi connectivity index (χ3n) is 7.75. The molecule has 0 saturated heterocycles. The summed E-state index contributed by atoms with van der Waals surface area (Å²) in [6.07, 6.45) is 6.37. The lowest BCUT2D eigenvalue weighted by Gasteiger charge is -2.23. The first-order chi connectivity index (χ1) is 17.8. The third kappa shape index (κ3) is 10.7. The van der Waals surface area contributed by atoms with E-state index in [9.17, 15) is 14.7 Å². The van der Waals surface area contributed by atoms with Crippen LogP contribution in [0, 0.1) is 35.5 Å². The number of esters is 2. The molecule has 2 saturated carbocycles. The van der Waals surface area contributed by atoms with E-state index in [1.54, 1.807) is 18.2 Å². The van der Waals surface area contributed by atoms with E-state index >= 15 is 0 Å². The molecule has 5 unspecified atom stereocenters. The van der Waals surface area contributed by atoms with Crippen LogP contribution in [0.25, 0.3) is 0 Å². The number of aliphatic hydroxyl groups excluding tert-OH is 1. The molecule has 214 valence electrons. The first kappa shape index (κ1) is 30.6. The molecule has 6 nitrogen and oxygen atoms in total. The summed E-state index contributed by atoms with van der Waals surface area (Å²) in [7, 11) is 0. The maximum atomic E-state index is 12.8. The van der Waals surface area contributed by atoms with Crippen molar-refractivity contribution in [3.8, 4) is 11.5 Å². The van der Waals surface area contributed by atoms with Gasteiger partial charge >= 0.3 is 11.9 Å². The Labute approximate surface area is 230 Å². The van der Waals surface area contributed by atoms with Crippen LogP contribution >= 0.6 is 0 Å². The fourth-order valence-electron chi connectivity index (χ4n) is 5.49. The minimum absolute atomic E-state index is 0.141. The van der Waals surface area contributed by atoms with E-state index in [2.05, 4.69) is 33.0 Å². The average Bonchev–Trinajstić information content (AvgIpc) is 3.72. The minimum atomic E-state index is -0.785. The van der Waals surface area contributed by atoms with E-state index in [1.807, 2.05) is 20.8 Å². The number of hydrogen-bond donors (Lipinski definition) is 2. The van der Waals surface area contributed by atoms with Gasteiger partial charge in [0, 0.05) is 24.9 Å². The first-order valence-corrected chi connectivity index (χ1v) is 14.8. The second-order valence-electron chi connectivity index (χ2n) is 13.6. The predicted octanol–water partition coefficient (Wildman–Crippen LogP) is 6.84. The number of carbonyl (C=O) groups is 2. The van der Waals surface area contributed by atoms with E-state index in [4.69, 9.17) is 9.47 Å². The van der Waals surface area contributed by atoms with Gasteiger partial charge in [-0.3, -0.25) is 9.59 Å². The van der Waals surface area contributed by atoms with E-state index in [0.717, 1.165) is 24.7 Å². The molecular formula is C32H51NO5. The smallest absolute Gasteiger partial charge is 0.311 e. The second-order valence-corrected chi connectivity index (χ2v) is 13.6. The molecule has 0 aliphatic heterocycles. The zero-order chi connectivity index (χ0) is 28.0. The quantitative estimate of drug-likeness (QED) is 0.191. The lowest BCUT2D eigenvalue weighted by atomic mass is 10.0. The van der Waals surface area contributed by atoms with Crippen molar-refractivity contribution in [1.29, 1.82) is 0 Å². The molecule has 0 heterocycles. The maximum Gasteiger partial charge on any atom is 0.311 e. The lowest BCUT2D eigenvalue weighted by molar-refractivity contribution is -0.137. The summed E-state index contributed by atoms with van der Waals surface area (Å²) in [4.78, 5) is 25.4. The molecule has 6 heteroatoms. The molecule has 2 aliphatic carbocycles. The molecule has 0 aromatic heterocycles. The molecular weight excluding hydrogens is 478 g/mol. The van der Waals surface area contributed by atoms with Gasteiger partial charge in [-0.15, -0.1) is 0 Å². The molecule has 0 amide bonds. The second kappa shape index (κ2) is 13.4. The number of carbonyl (C=O) groups excluding carboxylic acids is 2. The van der Waals surface area contributed by atoms with Crippen molar-refractivity contribution in [3.05, 3.63) is 23.8 Å². The largest absolute Gasteiger partial charge is 0.423 e. The van der Waals surface area contributed by atoms with Gasteiger partial charge in [0.05, 0.1) is 6.10 Å². The van der Waals surface area contributed by atoms with Gasteiger partial charge in [-0.1, -0.05) is 33.8 Å². The number of hydrogen-bond acceptors (Lipinski definition) is 6. The molecule has 0 radical (unpaired) electrons. The van der Waals surface area contributed by atoms with Crippen molar-refractivity contribution in [2.45, 2.75) is 111 Å². The zero-order valence-electron chi connectivity index (χ0n) is 24.7. The molecule has 0 spiro atoms. The summed E-state index contributed by atoms with van der Waals surface area (Å²) >= 11 is 0. The number of nitrogens with one attached hydrogen (secondary N) is 1. The van der Waals surface area contributed by atoms with Crippen LogP contribution in [-0.4, -0.2) is 29.1 Å². The first-order valence-electron chi connectivity index (χ1n) is 14.8. The van der Waals surface area contributed by atoms with Crippen LogP contribution in [0.2, 0.25) is 0 Å². The van der Waals surface area contributed by atoms with Crippen LogP contribution in [0.5, 0.6) is 11.5 Å². The number of β-amino-alcohol motifs (C(OH)–C–C–N with tert-alkyl or cyclic N) is 1. The van der Waals surface area contributed by atoms with Crippen LogP contribution < -0.4 is 14.8 Å². The van der Waals surface area contributed by atoms with Gasteiger partial charge in [0.1, 0.15) is 0 Å². The Morgan fingerprint density at radius 3 is 1.84 bits per heavy atom. The van der Waals surface area contributed by atoms with Gasteiger partial charge in [-0.05, 0) is 112 Å². The number of rotatable bonds is 15. The molecule has 38 heavy (non-hydrogen) atoms. The molecule has 2 aliphatic rings. The molecule has 0 bridgehead atoms. The van der Waals surface area contributed by atoms with Gasteiger partial charge in [0.2, 0.25) is 0 Å². The molecule has 1 aromatic rings. The van der Waals surface area contributed by atoms with Gasteiger partial charge in [-0.25, -0.2) is 0 Å². The molecule has 5 atom stereocenters. The summed E-state index contributed by atoms with van der Waals surface area (Å²) in [5, 5.41) is 14.0. The zero-order valence-corrected chi connectivity index (χ0v) is 24.7. The van der Waals surface area contributed by atoms with Crippen molar-refractivity contribution < 1.29 is 24.2 Å². The van der Waals surface area contributed by atoms with Crippen molar-refractivity contribution in [1.82, 2.24) is 5.32 Å². The molecule has 3 rings (SSSR count). The normalized spacial score (nSPS) is 23.4. The Hall–Kier alpha value is -1.92. The van der Waals surface area contributed by atoms with Gasteiger partial charge in [0.15, 0.2) is 11.5 Å². The Kier molecular flexibility index (Phi) is 10.8. The van der Waals surface area contributed by atoms with Crippen molar-refractivity contribution >= 4 is 11.9 Å². The highest BCUT2D eigenvalue weighted by Gasteiger charge is 2.38. The fourth-order valence-corrected chi connectivity index (χ4v) is 5.49. The molecule has 2 N–H and O–H groups in total. The highest BCUT2D eigenvalue weighted by molar-refractivity contribution is 5.76. The fraction of sp³-hybridized carbons (Fsp3) is 0.750. The molecule has 2 fully saturated rings. The van der Waals surface area contributed by atoms with E-state index in [-0.39, 0.29) is 29.0 Å². The van der Waals surface area contributed by atoms with E-state index < -0.39 is 6.10 Å². The van der Waals surface area contributed by atoms with Gasteiger partial charge in [0.25, 0.3) is 0 Å². The van der Waals surface area contributed by atoms with Crippen LogP contribution in [0.4, 0.5) is 0 Å². The van der Waals surface area contributed by atoms with Crippen molar-refractivity contribution in [3.63, 3.8) is 0 Å². The van der Waals surface area contributed by atoms with E-state index in [1.165, 1.54) is 25.7 Å². The standard InChI is InChI=1S/C32H51NO5/c1-20(2)14-25-16-22(25)9-12-30(35)37-28-11-8-24(27(34)19-33-32(5,6)7)18-29(28)38-31(36)13-10-23-17-26(23)15-21(3)4/h8,11,18,20-23,25-27,33-34H,9-10,12-17,19H2,1-7H3. The number of ether oxygens (including phenoxy) is 2. The third-order valence-corrected chi connectivity index (χ3v) is 7.75. The predicted molar refractivity (Wildman–Crippen MR) is 151 cm³/mol. The highest BCUT2D eigenvalue weighted by Crippen LogP contribution is 2.47. The van der Waals surface area contributed by atoms with Gasteiger partial charge in [-0.2, -0.15) is 0 Å². The SMILES string of the molecule is CC(C)CC1CC1CCC(=O)Oc1ccc(C(O)CNC(C)(C)C)cc1OC(=O)CCC1CC1CC(C)C. The van der Waals surface area contributed by atoms with Crippen LogP contribution in [0.15, 0.2) is 18.2 Å². The van der Waals surface area contributed by atoms with Crippen molar-refractivity contribution in [2.75, 3.05) is 6.54 Å². The highest BCUT2D eigenvalue weighted by atomic mass is 16.6. The van der Waals surface area contributed by atoms with Crippen LogP contribution in [0.1, 0.15) is 112 Å². The maximum absolute atomic E-state index is 12.8. The number of benzene rings is 1. The Morgan fingerprint density at radius 1 is 0.868 bits per heavy atom. The minimum Gasteiger partial charge on any atom is -0.423 e. The molecule has 1 aromatic carbocycles. The van der Waals surface area contributed by atoms with Crippen LogP contribution in [0.3, 0.4) is 0 Å². The Bertz CT molecular complexity index is 934. The summed E-state index contributed by atoms with van der Waals surface area (Å²) in [6, 6.07) is 5.00. The monoisotopic (exact) mass is 529 g/mol. The van der Waals surface area contributed by atoms with Gasteiger partial charge < -0.3 is 19.9 Å². The summed E-state index contributed by atoms with van der Waals surface area (Å²) < 4.78 is 11.4. The summed E-state index contributed by atoms with van der Waals surface area (Å²) in [5.41, 5.74) is 0.468. The average molecular weight is 530 g/mol. The van der Waals surface area contributed by atoms with Crippen molar-refractivity contribution in [2.24, 2.45) is 35.5 Å². The lowest BCUT2D eigenvalue weighted by Crippen LogP contribution is -2.38. The Balaban J connectivity index is 1.59. The Morgan fingerprint density at radius 2 is 1.37 bits per heavy atom. The number of aliphatic hydroxyl groups is 1. The topological polar surface area (TPSA) is 84.9 Å². The summed E-state index contributed by atoms with van der Waals surface area (Å²) in [6.45, 7) is 15.4. The van der Waals surface area contributed by atoms with Crippen LogP contribution in [-0.2, 0) is 9.59 Å².